The third-order valence-corrected chi connectivity index (χ3v) is 5.05. The van der Waals surface area contributed by atoms with Crippen molar-refractivity contribution in [2.45, 2.75) is 31.1 Å². The monoisotopic (exact) mass is 325 g/mol. The van der Waals surface area contributed by atoms with Crippen LogP contribution in [0.4, 0.5) is 0 Å². The number of aliphatic hydroxyl groups excluding tert-OH is 1. The molecule has 0 aliphatic carbocycles. The Morgan fingerprint density at radius 1 is 1.32 bits per heavy atom. The van der Waals surface area contributed by atoms with Gasteiger partial charge in [0.25, 0.3) is 9.84 Å². The molecule has 0 aliphatic heterocycles. The Bertz CT molecular complexity index is 648. The predicted molar refractivity (Wildman–Crippen MR) is 83.3 cm³/mol. The van der Waals surface area contributed by atoms with Gasteiger partial charge in [0.05, 0.1) is 4.90 Å². The molecule has 0 saturated carbocycles. The third-order valence-electron chi connectivity index (χ3n) is 3.33. The van der Waals surface area contributed by atoms with Crippen LogP contribution in [0.15, 0.2) is 46.0 Å². The molecule has 0 unspecified atom stereocenters. The Morgan fingerprint density at radius 2 is 1.95 bits per heavy atom. The molecular weight excluding hydrogens is 304 g/mol. The van der Waals surface area contributed by atoms with Crippen LogP contribution in [-0.2, 0) is 14.6 Å². The van der Waals surface area contributed by atoms with Gasteiger partial charge in [-0.05, 0) is 30.9 Å². The van der Waals surface area contributed by atoms with E-state index in [2.05, 4.69) is 4.98 Å². The lowest BCUT2D eigenvalue weighted by Crippen LogP contribution is -2.07. The number of diazo groups is 1. The van der Waals surface area contributed by atoms with Gasteiger partial charge in [-0.25, -0.2) is 8.42 Å². The van der Waals surface area contributed by atoms with Crippen molar-refractivity contribution in [3.8, 4) is 0 Å². The summed E-state index contributed by atoms with van der Waals surface area (Å²) in [5.41, 5.74) is 0. The first-order valence-electron chi connectivity index (χ1n) is 6.99. The summed E-state index contributed by atoms with van der Waals surface area (Å²) in [7, 11) is -2.42. The van der Waals surface area contributed by atoms with E-state index >= 15 is 0 Å². The number of hydrogen-bond donors (Lipinski definition) is 1. The Hall–Kier alpha value is -1.91. The fourth-order valence-electron chi connectivity index (χ4n) is 1.93. The number of sulfone groups is 1. The lowest BCUT2D eigenvalue weighted by atomic mass is 10.0. The Morgan fingerprint density at radius 3 is 2.50 bits per heavy atom. The summed E-state index contributed by atoms with van der Waals surface area (Å²) in [6.07, 6.45) is 1.50. The SMILES string of the molecule is COCC[C@H](C)CC/C(O)=C(/[N+]#N)S(=O)(=O)c1ccccc1. The molecule has 0 bridgehead atoms. The van der Waals surface area contributed by atoms with E-state index in [1.807, 2.05) is 6.92 Å². The fraction of sp³-hybridized carbons (Fsp3) is 0.467. The number of methoxy groups -OCH3 is 1. The van der Waals surface area contributed by atoms with Crippen LogP contribution in [0, 0.1) is 11.3 Å². The smallest absolute Gasteiger partial charge is 0.504 e. The molecule has 0 radical (unpaired) electrons. The first kappa shape index (κ1) is 18.1. The highest BCUT2D eigenvalue weighted by Gasteiger charge is 2.37. The largest absolute Gasteiger partial charge is 0.515 e. The highest BCUT2D eigenvalue weighted by Crippen LogP contribution is 2.25. The van der Waals surface area contributed by atoms with Crippen LogP contribution in [0.3, 0.4) is 0 Å². The minimum Gasteiger partial charge on any atom is -0.504 e. The minimum absolute atomic E-state index is 0.0261. The molecule has 0 amide bonds. The highest BCUT2D eigenvalue weighted by molar-refractivity contribution is 7.95. The Labute approximate surface area is 131 Å². The predicted octanol–water partition coefficient (Wildman–Crippen LogP) is 3.49. The molecule has 6 nitrogen and oxygen atoms in total. The normalized spacial score (nSPS) is 14.0. The zero-order valence-corrected chi connectivity index (χ0v) is 13.6. The van der Waals surface area contributed by atoms with E-state index in [0.29, 0.717) is 13.0 Å². The van der Waals surface area contributed by atoms with Crippen molar-refractivity contribution in [2.75, 3.05) is 13.7 Å². The molecule has 0 aliphatic rings. The molecule has 0 heterocycles. The van der Waals surface area contributed by atoms with Gasteiger partial charge in [0.15, 0.2) is 4.98 Å². The lowest BCUT2D eigenvalue weighted by molar-refractivity contribution is 0.177. The van der Waals surface area contributed by atoms with Crippen molar-refractivity contribution in [3.05, 3.63) is 46.1 Å². The van der Waals surface area contributed by atoms with Gasteiger partial charge in [-0.15, -0.1) is 0 Å². The number of ether oxygens (including phenoxy) is 1. The summed E-state index contributed by atoms with van der Waals surface area (Å²) >= 11 is 0. The molecule has 7 heteroatoms. The van der Waals surface area contributed by atoms with Gasteiger partial charge in [-0.1, -0.05) is 25.1 Å². The minimum atomic E-state index is -4.03. The molecule has 1 atom stereocenters. The second-order valence-electron chi connectivity index (χ2n) is 5.09. The van der Waals surface area contributed by atoms with Crippen molar-refractivity contribution in [3.63, 3.8) is 0 Å². The van der Waals surface area contributed by atoms with Gasteiger partial charge in [0.2, 0.25) is 11.2 Å². The van der Waals surface area contributed by atoms with Gasteiger partial charge in [0, 0.05) is 20.1 Å². The summed E-state index contributed by atoms with van der Waals surface area (Å²) in [5.74, 6) is -0.183. The van der Waals surface area contributed by atoms with Crippen LogP contribution in [-0.4, -0.2) is 27.2 Å². The van der Waals surface area contributed by atoms with E-state index in [-0.39, 0.29) is 17.2 Å². The number of allylic oxidation sites excluding steroid dienone is 1. The Balaban J connectivity index is 2.92. The zero-order valence-electron chi connectivity index (χ0n) is 12.8. The van der Waals surface area contributed by atoms with Gasteiger partial charge in [0.1, 0.15) is 0 Å². The molecule has 0 spiro atoms. The highest BCUT2D eigenvalue weighted by atomic mass is 32.2. The van der Waals surface area contributed by atoms with Gasteiger partial charge < -0.3 is 9.84 Å². The average molecular weight is 325 g/mol. The number of hydrogen-bond acceptors (Lipinski definition) is 5. The molecule has 0 fully saturated rings. The van der Waals surface area contributed by atoms with Crippen LogP contribution >= 0.6 is 0 Å². The van der Waals surface area contributed by atoms with Crippen molar-refractivity contribution in [2.24, 2.45) is 5.92 Å². The molecule has 1 rings (SSSR count). The first-order valence-corrected chi connectivity index (χ1v) is 8.48. The van der Waals surface area contributed by atoms with Crippen LogP contribution in [0.5, 0.6) is 0 Å². The molecule has 0 saturated heterocycles. The summed E-state index contributed by atoms with van der Waals surface area (Å²) in [6.45, 7) is 2.58. The lowest BCUT2D eigenvalue weighted by Gasteiger charge is -2.09. The van der Waals surface area contributed by atoms with Gasteiger partial charge in [-0.2, -0.15) is 0 Å². The van der Waals surface area contributed by atoms with Crippen molar-refractivity contribution in [1.82, 2.24) is 0 Å². The van der Waals surface area contributed by atoms with Crippen LogP contribution < -0.4 is 0 Å². The number of aliphatic hydroxyl groups is 1. The van der Waals surface area contributed by atoms with Crippen molar-refractivity contribution in [1.29, 1.82) is 5.39 Å². The van der Waals surface area contributed by atoms with Crippen LogP contribution in [0.25, 0.3) is 4.98 Å². The van der Waals surface area contributed by atoms with E-state index in [1.165, 1.54) is 12.1 Å². The van der Waals surface area contributed by atoms with E-state index in [4.69, 9.17) is 10.1 Å². The third kappa shape index (κ3) is 4.83. The summed E-state index contributed by atoms with van der Waals surface area (Å²) < 4.78 is 29.6. The second kappa shape index (κ2) is 8.51. The summed E-state index contributed by atoms with van der Waals surface area (Å²) in [4.78, 5) is 2.77. The standard InChI is InChI=1S/C15H20N2O4S/c1-12(10-11-21-2)8-9-14(18)15(17-16)22(19,20)13-6-4-3-5-7-13/h3-7,12H,8-11H2,1-2H3/p+1/b15-14+/t12-/m1/s1. The van der Waals surface area contributed by atoms with Crippen molar-refractivity contribution < 1.29 is 18.3 Å². The summed E-state index contributed by atoms with van der Waals surface area (Å²) in [6, 6.07) is 7.57. The van der Waals surface area contributed by atoms with Crippen LogP contribution in [0.1, 0.15) is 26.2 Å². The molecular formula is C15H21N2O4S+. The number of benzene rings is 1. The zero-order chi connectivity index (χ0) is 16.6. The van der Waals surface area contributed by atoms with E-state index in [1.54, 1.807) is 25.3 Å². The molecule has 1 N–H and O–H groups in total. The topological polar surface area (TPSA) is 91.8 Å². The molecule has 120 valence electrons. The first-order chi connectivity index (χ1) is 10.4. The van der Waals surface area contributed by atoms with Crippen molar-refractivity contribution >= 4 is 9.84 Å². The van der Waals surface area contributed by atoms with E-state index in [9.17, 15) is 13.5 Å². The molecule has 0 aromatic heterocycles. The van der Waals surface area contributed by atoms with Gasteiger partial charge >= 0.3 is 5.03 Å². The van der Waals surface area contributed by atoms with E-state index in [0.717, 1.165) is 6.42 Å². The maximum absolute atomic E-state index is 12.3. The maximum Gasteiger partial charge on any atom is 0.515 e. The average Bonchev–Trinajstić information content (AvgIpc) is 2.52. The number of nitrogens with zero attached hydrogens (tertiary/aromatic N) is 2. The quantitative estimate of drug-likeness (QED) is 0.583. The maximum atomic E-state index is 12.3. The number of rotatable bonds is 8. The molecule has 22 heavy (non-hydrogen) atoms. The Kier molecular flexibility index (Phi) is 7.02. The van der Waals surface area contributed by atoms with E-state index < -0.39 is 20.6 Å². The molecule has 1 aromatic rings. The summed E-state index contributed by atoms with van der Waals surface area (Å²) in [5, 5.41) is 18.3. The van der Waals surface area contributed by atoms with Gasteiger partial charge in [-0.3, -0.25) is 0 Å². The van der Waals surface area contributed by atoms with Crippen LogP contribution in [0.2, 0.25) is 0 Å². The molecule has 1 aromatic carbocycles. The fourth-order valence-corrected chi connectivity index (χ4v) is 3.19. The second-order valence-corrected chi connectivity index (χ2v) is 6.96.